The quantitative estimate of drug-likeness (QED) is 0.162. The Hall–Kier alpha value is -2.40. The van der Waals surface area contributed by atoms with Crippen LogP contribution in [0, 0.1) is 6.92 Å². The molecule has 0 saturated heterocycles. The molecule has 4 rings (SSSR count). The van der Waals surface area contributed by atoms with E-state index in [1.54, 1.807) is 11.8 Å². The van der Waals surface area contributed by atoms with Gasteiger partial charge in [-0.2, -0.15) is 0 Å². The molecule has 37 heavy (non-hydrogen) atoms. The number of hydrogen-bond acceptors (Lipinski definition) is 2. The van der Waals surface area contributed by atoms with Crippen molar-refractivity contribution in [2.75, 3.05) is 5.75 Å². The fourth-order valence-corrected chi connectivity index (χ4v) is 9.77. The van der Waals surface area contributed by atoms with Crippen LogP contribution in [0.15, 0.2) is 126 Å². The Morgan fingerprint density at radius 2 is 1.22 bits per heavy atom. The van der Waals surface area contributed by atoms with E-state index in [0.29, 0.717) is 5.56 Å². The summed E-state index contributed by atoms with van der Waals surface area (Å²) in [6, 6.07) is 39.8. The van der Waals surface area contributed by atoms with Crippen molar-refractivity contribution in [2.24, 2.45) is 0 Å². The van der Waals surface area contributed by atoms with Gasteiger partial charge in [-0.05, 0) is 67.6 Å². The molecular formula is C32H33INOPS. The van der Waals surface area contributed by atoms with Crippen molar-refractivity contribution in [2.45, 2.75) is 26.7 Å². The Kier molecular flexibility index (Phi) is 11.4. The Labute approximate surface area is 243 Å². The summed E-state index contributed by atoms with van der Waals surface area (Å²) in [7, 11) is -2.39. The second-order valence-corrected chi connectivity index (χ2v) is 13.1. The highest BCUT2D eigenvalue weighted by Crippen LogP contribution is 2.61. The van der Waals surface area contributed by atoms with Crippen LogP contribution in [-0.2, 0) is 0 Å². The van der Waals surface area contributed by atoms with Gasteiger partial charge in [0.05, 0.1) is 0 Å². The molecule has 0 aliphatic carbocycles. The Morgan fingerprint density at radius 3 is 1.65 bits per heavy atom. The van der Waals surface area contributed by atoms with E-state index in [2.05, 4.69) is 109 Å². The number of benzene rings is 4. The average Bonchev–Trinajstić information content (AvgIpc) is 2.93. The van der Waals surface area contributed by atoms with E-state index >= 15 is 0 Å². The second kappa shape index (κ2) is 14.5. The fourth-order valence-electron chi connectivity index (χ4n) is 4.27. The first kappa shape index (κ1) is 29.2. The van der Waals surface area contributed by atoms with Crippen molar-refractivity contribution >= 4 is 40.8 Å². The highest BCUT2D eigenvalue weighted by Gasteiger charge is 2.50. The highest BCUT2D eigenvalue weighted by atomic mass is 127. The molecule has 4 aromatic carbocycles. The molecule has 0 fully saturated rings. The summed E-state index contributed by atoms with van der Waals surface area (Å²) < 4.78 is 0. The van der Waals surface area contributed by atoms with Gasteiger partial charge in [-0.3, -0.25) is 10.1 Å². The average molecular weight is 638 g/mol. The van der Waals surface area contributed by atoms with Crippen molar-refractivity contribution < 1.29 is 28.8 Å². The molecule has 190 valence electrons. The lowest BCUT2D eigenvalue weighted by molar-refractivity contribution is -0.0000154. The summed E-state index contributed by atoms with van der Waals surface area (Å²) in [6.07, 6.45) is 2.27. The SMILES string of the molecule is CCCCS/C=C(\NC(=O)c1ccc(C)cc1)[P+](c1ccccc1)(c1ccccc1)c1ccccc1.[I-]. The van der Waals surface area contributed by atoms with Crippen LogP contribution in [0.25, 0.3) is 0 Å². The summed E-state index contributed by atoms with van der Waals surface area (Å²) in [6.45, 7) is 4.24. The van der Waals surface area contributed by atoms with Gasteiger partial charge in [0.25, 0.3) is 5.91 Å². The van der Waals surface area contributed by atoms with Crippen molar-refractivity contribution in [3.8, 4) is 0 Å². The van der Waals surface area contributed by atoms with Crippen molar-refractivity contribution in [1.82, 2.24) is 5.32 Å². The third-order valence-corrected chi connectivity index (χ3v) is 11.4. The molecule has 2 nitrogen and oxygen atoms in total. The number of thioether (sulfide) groups is 1. The Morgan fingerprint density at radius 1 is 0.757 bits per heavy atom. The number of hydrogen-bond donors (Lipinski definition) is 1. The van der Waals surface area contributed by atoms with Crippen LogP contribution >= 0.6 is 19.0 Å². The van der Waals surface area contributed by atoms with Crippen LogP contribution in [0.5, 0.6) is 0 Å². The molecule has 0 aliphatic heterocycles. The summed E-state index contributed by atoms with van der Waals surface area (Å²) in [5.41, 5.74) is 2.77. The van der Waals surface area contributed by atoms with E-state index in [9.17, 15) is 4.79 Å². The maximum absolute atomic E-state index is 13.7. The number of rotatable bonds is 10. The zero-order valence-electron chi connectivity index (χ0n) is 21.3. The zero-order chi connectivity index (χ0) is 25.2. The van der Waals surface area contributed by atoms with Crippen LogP contribution in [-0.4, -0.2) is 11.7 Å². The number of halogens is 1. The first-order chi connectivity index (χ1) is 17.7. The molecule has 0 heterocycles. The molecular weight excluding hydrogens is 604 g/mol. The molecule has 0 saturated carbocycles. The molecule has 0 bridgehead atoms. The number of carbonyl (C=O) groups is 1. The van der Waals surface area contributed by atoms with Crippen LogP contribution in [0.4, 0.5) is 0 Å². The largest absolute Gasteiger partial charge is 1.00 e. The maximum Gasteiger partial charge on any atom is 0.258 e. The van der Waals surface area contributed by atoms with Crippen molar-refractivity contribution in [1.29, 1.82) is 0 Å². The van der Waals surface area contributed by atoms with Gasteiger partial charge in [-0.1, -0.05) is 85.6 Å². The smallest absolute Gasteiger partial charge is 0.258 e. The van der Waals surface area contributed by atoms with E-state index < -0.39 is 7.26 Å². The molecule has 0 spiro atoms. The van der Waals surface area contributed by atoms with E-state index in [1.165, 1.54) is 15.9 Å². The highest BCUT2D eigenvalue weighted by molar-refractivity contribution is 8.04. The van der Waals surface area contributed by atoms with E-state index in [1.807, 2.05) is 31.2 Å². The predicted molar refractivity (Wildman–Crippen MR) is 159 cm³/mol. The van der Waals surface area contributed by atoms with Crippen LogP contribution < -0.4 is 45.2 Å². The molecule has 1 N–H and O–H groups in total. The van der Waals surface area contributed by atoms with Gasteiger partial charge < -0.3 is 24.0 Å². The summed E-state index contributed by atoms with van der Waals surface area (Å²) in [5, 5.41) is 9.28. The van der Waals surface area contributed by atoms with Gasteiger partial charge in [0.1, 0.15) is 15.9 Å². The lowest BCUT2D eigenvalue weighted by Crippen LogP contribution is -3.00. The summed E-state index contributed by atoms with van der Waals surface area (Å²) >= 11 is 1.79. The lowest BCUT2D eigenvalue weighted by atomic mass is 10.1. The van der Waals surface area contributed by atoms with Gasteiger partial charge in [-0.15, -0.1) is 11.8 Å². The molecule has 0 aliphatic rings. The minimum absolute atomic E-state index is 0. The van der Waals surface area contributed by atoms with Gasteiger partial charge >= 0.3 is 0 Å². The molecule has 0 aromatic heterocycles. The fraction of sp³-hybridized carbons (Fsp3) is 0.156. The second-order valence-electron chi connectivity index (χ2n) is 8.73. The number of nitrogens with one attached hydrogen (secondary N) is 1. The third kappa shape index (κ3) is 6.93. The first-order valence-corrected chi connectivity index (χ1v) is 15.3. The normalized spacial score (nSPS) is 11.5. The van der Waals surface area contributed by atoms with Crippen LogP contribution in [0.2, 0.25) is 0 Å². The summed E-state index contributed by atoms with van der Waals surface area (Å²) in [4.78, 5) is 13.7. The maximum atomic E-state index is 13.7. The molecule has 4 aromatic rings. The molecule has 0 radical (unpaired) electrons. The zero-order valence-corrected chi connectivity index (χ0v) is 25.2. The van der Waals surface area contributed by atoms with E-state index in [4.69, 9.17) is 0 Å². The number of unbranched alkanes of at least 4 members (excludes halogenated alkanes) is 1. The molecule has 1 amide bonds. The van der Waals surface area contributed by atoms with Crippen molar-refractivity contribution in [3.63, 3.8) is 0 Å². The number of aryl methyl sites for hydroxylation is 1. The van der Waals surface area contributed by atoms with Crippen LogP contribution in [0.3, 0.4) is 0 Å². The van der Waals surface area contributed by atoms with E-state index in [-0.39, 0.29) is 29.9 Å². The minimum atomic E-state index is -2.39. The monoisotopic (exact) mass is 637 g/mol. The standard InChI is InChI=1S/C32H32NOPS.HI/c1-3-4-24-36-25-31(33-32(34)27-22-20-26(2)21-23-27)35(28-14-8-5-9-15-28,29-16-10-6-11-17-29)30-18-12-7-13-19-30;/h5-23,25H,3-4,24H2,1-2H3;1H/b31-25+;. The lowest BCUT2D eigenvalue weighted by Gasteiger charge is -2.29. The minimum Gasteiger partial charge on any atom is -1.00 e. The number of amides is 1. The Balaban J connectivity index is 0.00000380. The third-order valence-electron chi connectivity index (χ3n) is 6.16. The number of carbonyl (C=O) groups excluding carboxylic acids is 1. The van der Waals surface area contributed by atoms with Gasteiger partial charge in [0.2, 0.25) is 0 Å². The predicted octanol–water partition coefficient (Wildman–Crippen LogP) is 4.06. The van der Waals surface area contributed by atoms with Gasteiger partial charge in [-0.25, -0.2) is 0 Å². The van der Waals surface area contributed by atoms with Crippen molar-refractivity contribution in [3.05, 3.63) is 137 Å². The molecule has 0 unspecified atom stereocenters. The topological polar surface area (TPSA) is 29.1 Å². The van der Waals surface area contributed by atoms with Gasteiger partial charge in [0.15, 0.2) is 12.7 Å². The van der Waals surface area contributed by atoms with Gasteiger partial charge in [0, 0.05) is 11.0 Å². The molecule has 0 atom stereocenters. The Bertz CT molecular complexity index is 1180. The van der Waals surface area contributed by atoms with Crippen LogP contribution in [0.1, 0.15) is 35.7 Å². The molecule has 5 heteroatoms. The first-order valence-electron chi connectivity index (χ1n) is 12.4. The van der Waals surface area contributed by atoms with E-state index in [0.717, 1.165) is 29.6 Å². The summed E-state index contributed by atoms with van der Waals surface area (Å²) in [5.74, 6) is 0.934.